The maximum Gasteiger partial charge on any atom is 0.308 e. The number of para-hydroxylation sites is 1. The number of carbonyl (C=O) groups is 2. The van der Waals surface area contributed by atoms with Crippen molar-refractivity contribution in [3.63, 3.8) is 0 Å². The second kappa shape index (κ2) is 7.26. The molecule has 122 valence electrons. The van der Waals surface area contributed by atoms with Crippen LogP contribution in [-0.4, -0.2) is 49.6 Å². The molecule has 0 aliphatic heterocycles. The van der Waals surface area contributed by atoms with E-state index >= 15 is 0 Å². The number of hydrogen-bond acceptors (Lipinski definition) is 4. The number of carboxylic acid groups (broad SMARTS) is 1. The molecule has 0 aromatic heterocycles. The van der Waals surface area contributed by atoms with Crippen LogP contribution < -0.4 is 4.72 Å². The third-order valence-electron chi connectivity index (χ3n) is 3.12. The minimum Gasteiger partial charge on any atom is -0.481 e. The number of benzene rings is 1. The van der Waals surface area contributed by atoms with E-state index in [-0.39, 0.29) is 23.5 Å². The van der Waals surface area contributed by atoms with E-state index in [0.29, 0.717) is 0 Å². The highest BCUT2D eigenvalue weighted by Crippen LogP contribution is 2.19. The molecule has 0 spiro atoms. The van der Waals surface area contributed by atoms with E-state index in [1.165, 1.54) is 37.9 Å². The van der Waals surface area contributed by atoms with Crippen molar-refractivity contribution in [3.05, 3.63) is 29.8 Å². The van der Waals surface area contributed by atoms with Crippen LogP contribution in [0.5, 0.6) is 0 Å². The molecule has 0 saturated heterocycles. The first kappa shape index (κ1) is 18.0. The summed E-state index contributed by atoms with van der Waals surface area (Å²) in [5.41, 5.74) is 0.365. The highest BCUT2D eigenvalue weighted by atomic mass is 32.2. The molecule has 2 N–H and O–H groups in total. The van der Waals surface area contributed by atoms with Gasteiger partial charge in [0, 0.05) is 13.6 Å². The predicted octanol–water partition coefficient (Wildman–Crippen LogP) is 1.24. The average molecular weight is 328 g/mol. The number of amides is 1. The third-order valence-corrected chi connectivity index (χ3v) is 4.41. The van der Waals surface area contributed by atoms with Crippen molar-refractivity contribution < 1.29 is 23.1 Å². The molecule has 0 aliphatic carbocycles. The molecule has 1 aromatic carbocycles. The summed E-state index contributed by atoms with van der Waals surface area (Å²) in [6.07, 6.45) is 0. The summed E-state index contributed by atoms with van der Waals surface area (Å²) in [6.45, 7) is 3.02. The van der Waals surface area contributed by atoms with Gasteiger partial charge in [-0.1, -0.05) is 19.1 Å². The first-order chi connectivity index (χ1) is 10.2. The summed E-state index contributed by atoms with van der Waals surface area (Å²) in [5.74, 6) is -2.27. The molecule has 0 fully saturated rings. The molecule has 1 aromatic rings. The van der Waals surface area contributed by atoms with Crippen molar-refractivity contribution >= 4 is 27.6 Å². The van der Waals surface area contributed by atoms with Crippen LogP contribution in [0.4, 0.5) is 5.69 Å². The number of carbonyl (C=O) groups excluding carboxylic acids is 1. The van der Waals surface area contributed by atoms with Gasteiger partial charge in [0.05, 0.1) is 22.9 Å². The van der Waals surface area contributed by atoms with E-state index in [9.17, 15) is 18.0 Å². The quantitative estimate of drug-likeness (QED) is 0.784. The lowest BCUT2D eigenvalue weighted by atomic mass is 10.1. The van der Waals surface area contributed by atoms with E-state index in [2.05, 4.69) is 4.72 Å². The fourth-order valence-electron chi connectivity index (χ4n) is 1.78. The lowest BCUT2D eigenvalue weighted by Crippen LogP contribution is -2.34. The molecule has 0 radical (unpaired) electrons. The number of sulfonamides is 1. The van der Waals surface area contributed by atoms with Crippen LogP contribution in [0.1, 0.15) is 24.2 Å². The van der Waals surface area contributed by atoms with Crippen LogP contribution in [0.15, 0.2) is 24.3 Å². The zero-order chi connectivity index (χ0) is 16.9. The van der Waals surface area contributed by atoms with Crippen LogP contribution in [0.25, 0.3) is 0 Å². The van der Waals surface area contributed by atoms with Crippen molar-refractivity contribution in [3.8, 4) is 0 Å². The number of nitrogens with zero attached hydrogens (tertiary/aromatic N) is 1. The maximum absolute atomic E-state index is 12.4. The Bertz CT molecular complexity index is 657. The van der Waals surface area contributed by atoms with Gasteiger partial charge in [0.15, 0.2) is 0 Å². The topological polar surface area (TPSA) is 104 Å². The predicted molar refractivity (Wildman–Crippen MR) is 83.3 cm³/mol. The molecule has 22 heavy (non-hydrogen) atoms. The molecule has 0 aliphatic rings. The summed E-state index contributed by atoms with van der Waals surface area (Å²) in [5, 5.41) is 8.89. The molecule has 7 nitrogen and oxygen atoms in total. The smallest absolute Gasteiger partial charge is 0.308 e. The molecule has 1 amide bonds. The molecule has 8 heteroatoms. The van der Waals surface area contributed by atoms with Gasteiger partial charge in [-0.3, -0.25) is 14.3 Å². The Balaban J connectivity index is 3.01. The molecule has 1 unspecified atom stereocenters. The zero-order valence-corrected chi connectivity index (χ0v) is 13.6. The molecular formula is C14H20N2O5S. The van der Waals surface area contributed by atoms with E-state index in [4.69, 9.17) is 5.11 Å². The molecule has 0 bridgehead atoms. The van der Waals surface area contributed by atoms with Crippen LogP contribution >= 0.6 is 0 Å². The summed E-state index contributed by atoms with van der Waals surface area (Å²) >= 11 is 0. The second-order valence-electron chi connectivity index (χ2n) is 4.98. The maximum atomic E-state index is 12.4. The molecule has 0 saturated carbocycles. The lowest BCUT2D eigenvalue weighted by molar-refractivity contribution is -0.141. The number of nitrogens with one attached hydrogen (secondary N) is 1. The van der Waals surface area contributed by atoms with Crippen molar-refractivity contribution in [2.75, 3.05) is 24.1 Å². The second-order valence-corrected chi connectivity index (χ2v) is 6.99. The van der Waals surface area contributed by atoms with Crippen LogP contribution in [-0.2, 0) is 14.8 Å². The minimum atomic E-state index is -3.51. The lowest BCUT2D eigenvalue weighted by Gasteiger charge is -2.21. The van der Waals surface area contributed by atoms with Gasteiger partial charge >= 0.3 is 5.97 Å². The van der Waals surface area contributed by atoms with Crippen molar-refractivity contribution in [2.24, 2.45) is 5.92 Å². The number of hydrogen-bond donors (Lipinski definition) is 2. The van der Waals surface area contributed by atoms with E-state index in [1.807, 2.05) is 0 Å². The molecule has 1 atom stereocenters. The van der Waals surface area contributed by atoms with Gasteiger partial charge in [-0.15, -0.1) is 0 Å². The number of anilines is 1. The zero-order valence-electron chi connectivity index (χ0n) is 12.7. The number of aliphatic carboxylic acids is 1. The first-order valence-electron chi connectivity index (χ1n) is 6.75. The Morgan fingerprint density at radius 3 is 2.45 bits per heavy atom. The fraction of sp³-hybridized carbons (Fsp3) is 0.429. The standard InChI is InChI=1S/C14H20N2O5S/c1-4-22(20,21)15-12-8-6-5-7-11(12)13(17)16(3)9-10(2)14(18)19/h5-8,10,15H,4,9H2,1-3H3,(H,18,19). The van der Waals surface area contributed by atoms with E-state index < -0.39 is 27.8 Å². The highest BCUT2D eigenvalue weighted by Gasteiger charge is 2.21. The fourth-order valence-corrected chi connectivity index (χ4v) is 2.43. The summed E-state index contributed by atoms with van der Waals surface area (Å²) in [4.78, 5) is 24.5. The first-order valence-corrected chi connectivity index (χ1v) is 8.41. The van der Waals surface area contributed by atoms with Crippen molar-refractivity contribution in [2.45, 2.75) is 13.8 Å². The van der Waals surface area contributed by atoms with Crippen LogP contribution in [0.2, 0.25) is 0 Å². The molecular weight excluding hydrogens is 308 g/mol. The third kappa shape index (κ3) is 4.73. The summed E-state index contributed by atoms with van der Waals surface area (Å²) in [7, 11) is -2.03. The molecule has 1 rings (SSSR count). The Morgan fingerprint density at radius 2 is 1.91 bits per heavy atom. The Labute approximate surface area is 130 Å². The molecule has 0 heterocycles. The largest absolute Gasteiger partial charge is 0.481 e. The van der Waals surface area contributed by atoms with Crippen LogP contribution in [0, 0.1) is 5.92 Å². The SMILES string of the molecule is CCS(=O)(=O)Nc1ccccc1C(=O)N(C)CC(C)C(=O)O. The van der Waals surface area contributed by atoms with Gasteiger partial charge in [-0.05, 0) is 19.1 Å². The average Bonchev–Trinajstić information content (AvgIpc) is 2.46. The summed E-state index contributed by atoms with van der Waals surface area (Å²) in [6, 6.07) is 6.22. The van der Waals surface area contributed by atoms with E-state index in [0.717, 1.165) is 0 Å². The van der Waals surface area contributed by atoms with Crippen molar-refractivity contribution in [1.29, 1.82) is 0 Å². The van der Waals surface area contributed by atoms with Crippen molar-refractivity contribution in [1.82, 2.24) is 4.90 Å². The monoisotopic (exact) mass is 328 g/mol. The van der Waals surface area contributed by atoms with Crippen LogP contribution in [0.3, 0.4) is 0 Å². The van der Waals surface area contributed by atoms with Gasteiger partial charge in [0.1, 0.15) is 0 Å². The van der Waals surface area contributed by atoms with Gasteiger partial charge < -0.3 is 10.0 Å². The number of carboxylic acids is 1. The van der Waals surface area contributed by atoms with Gasteiger partial charge in [-0.25, -0.2) is 8.42 Å². The van der Waals surface area contributed by atoms with Gasteiger partial charge in [0.2, 0.25) is 10.0 Å². The van der Waals surface area contributed by atoms with Gasteiger partial charge in [0.25, 0.3) is 5.91 Å². The minimum absolute atomic E-state index is 0.0308. The Hall–Kier alpha value is -2.09. The highest BCUT2D eigenvalue weighted by molar-refractivity contribution is 7.92. The normalized spacial score (nSPS) is 12.5. The summed E-state index contributed by atoms with van der Waals surface area (Å²) < 4.78 is 25.7. The Kier molecular flexibility index (Phi) is 5.92. The Morgan fingerprint density at radius 1 is 1.32 bits per heavy atom. The van der Waals surface area contributed by atoms with Gasteiger partial charge in [-0.2, -0.15) is 0 Å². The van der Waals surface area contributed by atoms with E-state index in [1.54, 1.807) is 12.1 Å². The number of rotatable bonds is 7.